The molecule has 0 saturated carbocycles. The highest BCUT2D eigenvalue weighted by Crippen LogP contribution is 2.09. The van der Waals surface area contributed by atoms with Crippen molar-refractivity contribution in [3.63, 3.8) is 0 Å². The SMILES string of the molecule is SCC=CCOCc1cccs1. The predicted octanol–water partition coefficient (Wildman–Crippen LogP) is 2.75. The van der Waals surface area contributed by atoms with Crippen LogP contribution in [0.5, 0.6) is 0 Å². The molecular weight excluding hydrogens is 188 g/mol. The molecule has 0 fully saturated rings. The monoisotopic (exact) mass is 200 g/mol. The number of hydrogen-bond donors (Lipinski definition) is 1. The summed E-state index contributed by atoms with van der Waals surface area (Å²) in [5.41, 5.74) is 0. The molecule has 0 saturated heterocycles. The van der Waals surface area contributed by atoms with Gasteiger partial charge in [-0.2, -0.15) is 12.6 Å². The van der Waals surface area contributed by atoms with Gasteiger partial charge < -0.3 is 4.74 Å². The smallest absolute Gasteiger partial charge is 0.0813 e. The van der Waals surface area contributed by atoms with E-state index in [1.165, 1.54) is 4.88 Å². The molecule has 1 heterocycles. The summed E-state index contributed by atoms with van der Waals surface area (Å²) in [6.07, 6.45) is 3.97. The van der Waals surface area contributed by atoms with E-state index >= 15 is 0 Å². The fourth-order valence-electron chi connectivity index (χ4n) is 0.765. The fourth-order valence-corrected chi connectivity index (χ4v) is 1.55. The van der Waals surface area contributed by atoms with Crippen LogP contribution in [0.15, 0.2) is 29.7 Å². The Balaban J connectivity index is 2.07. The zero-order valence-electron chi connectivity index (χ0n) is 6.77. The summed E-state index contributed by atoms with van der Waals surface area (Å²) >= 11 is 5.76. The van der Waals surface area contributed by atoms with Gasteiger partial charge >= 0.3 is 0 Å². The van der Waals surface area contributed by atoms with Crippen LogP contribution < -0.4 is 0 Å². The Morgan fingerprint density at radius 2 is 2.42 bits per heavy atom. The summed E-state index contributed by atoms with van der Waals surface area (Å²) < 4.78 is 5.37. The second-order valence-electron chi connectivity index (χ2n) is 2.25. The molecule has 0 radical (unpaired) electrons. The normalized spacial score (nSPS) is 11.1. The van der Waals surface area contributed by atoms with Crippen LogP contribution in [0.25, 0.3) is 0 Å². The van der Waals surface area contributed by atoms with Gasteiger partial charge in [-0.1, -0.05) is 18.2 Å². The molecule has 0 aliphatic heterocycles. The molecular formula is C9H12OS2. The van der Waals surface area contributed by atoms with Gasteiger partial charge in [0.05, 0.1) is 13.2 Å². The summed E-state index contributed by atoms with van der Waals surface area (Å²) in [6.45, 7) is 1.40. The summed E-state index contributed by atoms with van der Waals surface area (Å²) in [7, 11) is 0. The minimum atomic E-state index is 0.679. The number of hydrogen-bond acceptors (Lipinski definition) is 3. The van der Waals surface area contributed by atoms with Crippen LogP contribution >= 0.6 is 24.0 Å². The molecule has 66 valence electrons. The van der Waals surface area contributed by atoms with Gasteiger partial charge in [0.2, 0.25) is 0 Å². The topological polar surface area (TPSA) is 9.23 Å². The molecule has 1 aromatic heterocycles. The highest BCUT2D eigenvalue weighted by Gasteiger charge is 1.90. The van der Waals surface area contributed by atoms with E-state index in [-0.39, 0.29) is 0 Å². The van der Waals surface area contributed by atoms with Crippen molar-refractivity contribution in [1.29, 1.82) is 0 Å². The Morgan fingerprint density at radius 3 is 3.08 bits per heavy atom. The largest absolute Gasteiger partial charge is 0.372 e. The number of thiol groups is 1. The van der Waals surface area contributed by atoms with Gasteiger partial charge in [0.15, 0.2) is 0 Å². The van der Waals surface area contributed by atoms with Crippen LogP contribution in [-0.4, -0.2) is 12.4 Å². The second-order valence-corrected chi connectivity index (χ2v) is 3.65. The summed E-state index contributed by atoms with van der Waals surface area (Å²) in [6, 6.07) is 4.11. The van der Waals surface area contributed by atoms with Crippen molar-refractivity contribution in [2.24, 2.45) is 0 Å². The third-order valence-electron chi connectivity index (χ3n) is 1.31. The molecule has 3 heteroatoms. The minimum Gasteiger partial charge on any atom is -0.372 e. The van der Waals surface area contributed by atoms with E-state index in [2.05, 4.69) is 24.1 Å². The lowest BCUT2D eigenvalue weighted by Gasteiger charge is -1.96. The first-order valence-electron chi connectivity index (χ1n) is 3.79. The highest BCUT2D eigenvalue weighted by molar-refractivity contribution is 7.80. The van der Waals surface area contributed by atoms with Crippen molar-refractivity contribution in [3.05, 3.63) is 34.5 Å². The van der Waals surface area contributed by atoms with Crippen molar-refractivity contribution in [2.75, 3.05) is 12.4 Å². The lowest BCUT2D eigenvalue weighted by Crippen LogP contribution is -1.89. The maximum Gasteiger partial charge on any atom is 0.0813 e. The zero-order valence-corrected chi connectivity index (χ0v) is 8.48. The van der Waals surface area contributed by atoms with Crippen molar-refractivity contribution < 1.29 is 4.74 Å². The molecule has 0 atom stereocenters. The molecule has 1 rings (SSSR count). The molecule has 1 aromatic rings. The Morgan fingerprint density at radius 1 is 1.50 bits per heavy atom. The van der Waals surface area contributed by atoms with Crippen LogP contribution in [0.3, 0.4) is 0 Å². The van der Waals surface area contributed by atoms with E-state index in [4.69, 9.17) is 4.74 Å². The first-order valence-corrected chi connectivity index (χ1v) is 5.30. The second kappa shape index (κ2) is 6.29. The Bertz CT molecular complexity index is 216. The van der Waals surface area contributed by atoms with E-state index in [9.17, 15) is 0 Å². The number of thiophene rings is 1. The molecule has 0 aromatic carbocycles. The van der Waals surface area contributed by atoms with E-state index in [1.807, 2.05) is 18.2 Å². The molecule has 0 spiro atoms. The molecule has 1 nitrogen and oxygen atoms in total. The van der Waals surface area contributed by atoms with Gasteiger partial charge in [0, 0.05) is 10.6 Å². The van der Waals surface area contributed by atoms with Crippen molar-refractivity contribution in [3.8, 4) is 0 Å². The van der Waals surface area contributed by atoms with Gasteiger partial charge in [-0.25, -0.2) is 0 Å². The van der Waals surface area contributed by atoms with E-state index in [0.29, 0.717) is 13.2 Å². The molecule has 0 aliphatic carbocycles. The molecule has 12 heavy (non-hydrogen) atoms. The van der Waals surface area contributed by atoms with E-state index in [0.717, 1.165) is 5.75 Å². The fraction of sp³-hybridized carbons (Fsp3) is 0.333. The average molecular weight is 200 g/mol. The first kappa shape index (κ1) is 9.84. The van der Waals surface area contributed by atoms with Crippen LogP contribution in [0.4, 0.5) is 0 Å². The van der Waals surface area contributed by atoms with Gasteiger partial charge in [-0.3, -0.25) is 0 Å². The van der Waals surface area contributed by atoms with Gasteiger partial charge in [0.25, 0.3) is 0 Å². The van der Waals surface area contributed by atoms with Crippen molar-refractivity contribution in [1.82, 2.24) is 0 Å². The maximum atomic E-state index is 5.37. The van der Waals surface area contributed by atoms with Gasteiger partial charge in [0.1, 0.15) is 0 Å². The standard InChI is InChI=1S/C9H12OS2/c11-6-2-1-5-10-8-9-4-3-7-12-9/h1-4,7,11H,5-6,8H2. The first-order chi connectivity index (χ1) is 5.93. The summed E-state index contributed by atoms with van der Waals surface area (Å²) in [4.78, 5) is 1.27. The molecule has 0 unspecified atom stereocenters. The predicted molar refractivity (Wildman–Crippen MR) is 57.0 cm³/mol. The molecule has 0 bridgehead atoms. The summed E-state index contributed by atoms with van der Waals surface area (Å²) in [5, 5.41) is 2.06. The molecule has 0 amide bonds. The zero-order chi connectivity index (χ0) is 8.65. The van der Waals surface area contributed by atoms with E-state index in [1.54, 1.807) is 11.3 Å². The Labute approximate surface area is 82.5 Å². The Kier molecular flexibility index (Phi) is 5.15. The van der Waals surface area contributed by atoms with Gasteiger partial charge in [-0.15, -0.1) is 11.3 Å². The quantitative estimate of drug-likeness (QED) is 0.437. The van der Waals surface area contributed by atoms with Crippen LogP contribution in [0.1, 0.15) is 4.88 Å². The lowest BCUT2D eigenvalue weighted by atomic mass is 10.5. The van der Waals surface area contributed by atoms with Crippen molar-refractivity contribution >= 4 is 24.0 Å². The number of ether oxygens (including phenoxy) is 1. The third-order valence-corrected chi connectivity index (χ3v) is 2.37. The highest BCUT2D eigenvalue weighted by atomic mass is 32.1. The lowest BCUT2D eigenvalue weighted by molar-refractivity contribution is 0.151. The Hall–Kier alpha value is -0.250. The van der Waals surface area contributed by atoms with Gasteiger partial charge in [-0.05, 0) is 11.4 Å². The van der Waals surface area contributed by atoms with Crippen LogP contribution in [0.2, 0.25) is 0 Å². The molecule has 0 N–H and O–H groups in total. The average Bonchev–Trinajstić information content (AvgIpc) is 2.57. The minimum absolute atomic E-state index is 0.679. The van der Waals surface area contributed by atoms with Crippen LogP contribution in [-0.2, 0) is 11.3 Å². The molecule has 0 aliphatic rings. The summed E-state index contributed by atoms with van der Waals surface area (Å²) in [5.74, 6) is 0.780. The van der Waals surface area contributed by atoms with E-state index < -0.39 is 0 Å². The number of rotatable bonds is 5. The third kappa shape index (κ3) is 3.95. The van der Waals surface area contributed by atoms with Crippen LogP contribution in [0, 0.1) is 0 Å². The maximum absolute atomic E-state index is 5.37. The van der Waals surface area contributed by atoms with Crippen molar-refractivity contribution in [2.45, 2.75) is 6.61 Å².